The van der Waals surface area contributed by atoms with Crippen molar-refractivity contribution in [2.45, 2.75) is 90.0 Å². The van der Waals surface area contributed by atoms with Gasteiger partial charge in [0.15, 0.2) is 6.29 Å². The molecule has 1 saturated heterocycles. The molecular weight excluding hydrogens is 312 g/mol. The molecule has 0 aromatic rings. The third kappa shape index (κ3) is 7.33. The highest BCUT2D eigenvalue weighted by molar-refractivity contribution is 4.91. The molecule has 0 spiro atoms. The Morgan fingerprint density at radius 2 is 1.33 bits per heavy atom. The molecule has 0 aromatic carbocycles. The average Bonchev–Trinajstić information content (AvgIpc) is 2.57. The van der Waals surface area contributed by atoms with Gasteiger partial charge in [0.05, 0.1) is 6.61 Å². The van der Waals surface area contributed by atoms with Crippen molar-refractivity contribution in [3.05, 3.63) is 0 Å². The van der Waals surface area contributed by atoms with Crippen molar-refractivity contribution in [3.8, 4) is 0 Å². The van der Waals surface area contributed by atoms with Crippen molar-refractivity contribution in [1.29, 1.82) is 0 Å². The maximum atomic E-state index is 10.6. The zero-order chi connectivity index (χ0) is 17.8. The standard InChI is InChI=1S/C18H36O6/c1-4-7-10-21-13-14-15(19)16(22-11-8-5-2)17(18(20)24-14)23-12-9-6-3/h14-20H,4-13H2,1-3H3/t14?,15?,16?,17-,18?/m1/s1. The summed E-state index contributed by atoms with van der Waals surface area (Å²) in [5.74, 6) is 0. The lowest BCUT2D eigenvalue weighted by molar-refractivity contribution is -0.305. The van der Waals surface area contributed by atoms with Gasteiger partial charge in [-0.1, -0.05) is 40.0 Å². The molecular formula is C18H36O6. The van der Waals surface area contributed by atoms with Crippen molar-refractivity contribution in [2.75, 3.05) is 26.4 Å². The highest BCUT2D eigenvalue weighted by Crippen LogP contribution is 2.25. The Morgan fingerprint density at radius 3 is 1.92 bits per heavy atom. The van der Waals surface area contributed by atoms with Gasteiger partial charge in [0.25, 0.3) is 0 Å². The molecule has 1 aliphatic rings. The van der Waals surface area contributed by atoms with E-state index in [1.54, 1.807) is 0 Å². The molecule has 0 radical (unpaired) electrons. The molecule has 1 aliphatic heterocycles. The summed E-state index contributed by atoms with van der Waals surface area (Å²) in [7, 11) is 0. The van der Waals surface area contributed by atoms with E-state index in [0.29, 0.717) is 19.8 Å². The molecule has 0 aromatic heterocycles. The zero-order valence-electron chi connectivity index (χ0n) is 15.5. The van der Waals surface area contributed by atoms with E-state index in [9.17, 15) is 10.2 Å². The maximum Gasteiger partial charge on any atom is 0.184 e. The van der Waals surface area contributed by atoms with Gasteiger partial charge in [-0.2, -0.15) is 0 Å². The molecule has 1 fully saturated rings. The van der Waals surface area contributed by atoms with Crippen LogP contribution in [0.2, 0.25) is 0 Å². The van der Waals surface area contributed by atoms with E-state index in [0.717, 1.165) is 38.5 Å². The van der Waals surface area contributed by atoms with Gasteiger partial charge in [-0.15, -0.1) is 0 Å². The van der Waals surface area contributed by atoms with Crippen LogP contribution >= 0.6 is 0 Å². The highest BCUT2D eigenvalue weighted by atomic mass is 16.7. The summed E-state index contributed by atoms with van der Waals surface area (Å²) in [5.41, 5.74) is 0. The van der Waals surface area contributed by atoms with Gasteiger partial charge in [0, 0.05) is 19.8 Å². The van der Waals surface area contributed by atoms with Gasteiger partial charge in [-0.25, -0.2) is 0 Å². The molecule has 6 heteroatoms. The first-order valence-electron chi connectivity index (χ1n) is 9.48. The number of unbranched alkanes of at least 4 members (excludes halogenated alkanes) is 3. The predicted octanol–water partition coefficient (Wildman–Crippen LogP) is 2.25. The van der Waals surface area contributed by atoms with Crippen LogP contribution in [-0.4, -0.2) is 67.3 Å². The summed E-state index contributed by atoms with van der Waals surface area (Å²) < 4.78 is 22.7. The molecule has 0 bridgehead atoms. The molecule has 1 heterocycles. The normalized spacial score (nSPS) is 30.6. The van der Waals surface area contributed by atoms with Crippen molar-refractivity contribution in [1.82, 2.24) is 0 Å². The molecule has 144 valence electrons. The van der Waals surface area contributed by atoms with E-state index in [4.69, 9.17) is 18.9 Å². The molecule has 4 unspecified atom stereocenters. The van der Waals surface area contributed by atoms with Crippen molar-refractivity contribution in [2.24, 2.45) is 0 Å². The number of hydrogen-bond acceptors (Lipinski definition) is 6. The Balaban J connectivity index is 2.61. The van der Waals surface area contributed by atoms with Gasteiger partial charge < -0.3 is 29.2 Å². The van der Waals surface area contributed by atoms with E-state index in [1.165, 1.54) is 0 Å². The Morgan fingerprint density at radius 1 is 0.792 bits per heavy atom. The summed E-state index contributed by atoms with van der Waals surface area (Å²) >= 11 is 0. The minimum Gasteiger partial charge on any atom is -0.387 e. The predicted molar refractivity (Wildman–Crippen MR) is 91.9 cm³/mol. The average molecular weight is 348 g/mol. The Hall–Kier alpha value is -0.240. The largest absolute Gasteiger partial charge is 0.387 e. The first-order valence-corrected chi connectivity index (χ1v) is 9.48. The van der Waals surface area contributed by atoms with Crippen molar-refractivity contribution >= 4 is 0 Å². The fraction of sp³-hybridized carbons (Fsp3) is 1.00. The first kappa shape index (κ1) is 21.8. The van der Waals surface area contributed by atoms with Gasteiger partial charge in [-0.3, -0.25) is 0 Å². The second-order valence-corrected chi connectivity index (χ2v) is 6.36. The number of ether oxygens (including phenoxy) is 4. The topological polar surface area (TPSA) is 77.4 Å². The van der Waals surface area contributed by atoms with E-state index in [-0.39, 0.29) is 6.61 Å². The monoisotopic (exact) mass is 348 g/mol. The summed E-state index contributed by atoms with van der Waals surface area (Å²) in [4.78, 5) is 0. The van der Waals surface area contributed by atoms with E-state index >= 15 is 0 Å². The molecule has 2 N–H and O–H groups in total. The Bertz CT molecular complexity index is 301. The van der Waals surface area contributed by atoms with Gasteiger partial charge in [0.2, 0.25) is 0 Å². The number of aliphatic hydroxyl groups excluding tert-OH is 2. The van der Waals surface area contributed by atoms with Crippen LogP contribution in [-0.2, 0) is 18.9 Å². The lowest BCUT2D eigenvalue weighted by Crippen LogP contribution is -2.60. The van der Waals surface area contributed by atoms with Crippen LogP contribution in [0.15, 0.2) is 0 Å². The fourth-order valence-corrected chi connectivity index (χ4v) is 2.59. The Labute approximate surface area is 146 Å². The van der Waals surface area contributed by atoms with Crippen LogP contribution in [0.5, 0.6) is 0 Å². The van der Waals surface area contributed by atoms with Gasteiger partial charge >= 0.3 is 0 Å². The molecule has 5 atom stereocenters. The quantitative estimate of drug-likeness (QED) is 0.497. The molecule has 0 aliphatic carbocycles. The minimum absolute atomic E-state index is 0.244. The summed E-state index contributed by atoms with van der Waals surface area (Å²) in [6.07, 6.45) is 1.95. The molecule has 0 saturated carbocycles. The maximum absolute atomic E-state index is 10.6. The SMILES string of the molecule is CCCCOCC1OC(O)[C@H](OCCCC)C(OCCCC)C1O. The third-order valence-electron chi connectivity index (χ3n) is 4.18. The molecule has 0 amide bonds. The van der Waals surface area contributed by atoms with Crippen LogP contribution in [0.4, 0.5) is 0 Å². The van der Waals surface area contributed by atoms with Crippen LogP contribution < -0.4 is 0 Å². The van der Waals surface area contributed by atoms with Gasteiger partial charge in [-0.05, 0) is 19.3 Å². The summed E-state index contributed by atoms with van der Waals surface area (Å²) in [5, 5.41) is 20.9. The van der Waals surface area contributed by atoms with Crippen LogP contribution in [0.1, 0.15) is 59.3 Å². The van der Waals surface area contributed by atoms with Crippen LogP contribution in [0, 0.1) is 0 Å². The van der Waals surface area contributed by atoms with Crippen molar-refractivity contribution in [3.63, 3.8) is 0 Å². The van der Waals surface area contributed by atoms with Crippen LogP contribution in [0.3, 0.4) is 0 Å². The molecule has 6 nitrogen and oxygen atoms in total. The fourth-order valence-electron chi connectivity index (χ4n) is 2.59. The van der Waals surface area contributed by atoms with E-state index < -0.39 is 30.7 Å². The number of hydrogen-bond donors (Lipinski definition) is 2. The van der Waals surface area contributed by atoms with Crippen molar-refractivity contribution < 1.29 is 29.2 Å². The third-order valence-corrected chi connectivity index (χ3v) is 4.18. The second-order valence-electron chi connectivity index (χ2n) is 6.36. The zero-order valence-corrected chi connectivity index (χ0v) is 15.5. The van der Waals surface area contributed by atoms with E-state index in [2.05, 4.69) is 20.8 Å². The molecule has 1 rings (SSSR count). The first-order chi connectivity index (χ1) is 11.7. The Kier molecular flexibility index (Phi) is 11.8. The smallest absolute Gasteiger partial charge is 0.184 e. The lowest BCUT2D eigenvalue weighted by Gasteiger charge is -2.42. The number of aliphatic hydroxyl groups is 2. The summed E-state index contributed by atoms with van der Waals surface area (Å²) in [6.45, 7) is 8.16. The second kappa shape index (κ2) is 13.0. The minimum atomic E-state index is -1.11. The van der Waals surface area contributed by atoms with Crippen LogP contribution in [0.25, 0.3) is 0 Å². The number of rotatable bonds is 13. The highest BCUT2D eigenvalue weighted by Gasteiger charge is 2.46. The lowest BCUT2D eigenvalue weighted by atomic mass is 9.98. The van der Waals surface area contributed by atoms with E-state index in [1.807, 2.05) is 0 Å². The molecule has 24 heavy (non-hydrogen) atoms. The van der Waals surface area contributed by atoms with Gasteiger partial charge in [0.1, 0.15) is 24.4 Å². The summed E-state index contributed by atoms with van der Waals surface area (Å²) in [6, 6.07) is 0.